The second-order valence-corrected chi connectivity index (χ2v) is 9.80. The highest BCUT2D eigenvalue weighted by Gasteiger charge is 2.32. The Bertz CT molecular complexity index is 1610. The number of hydrogen-bond acceptors (Lipinski definition) is 4. The Kier molecular flexibility index (Phi) is 5.92. The molecule has 0 aliphatic carbocycles. The van der Waals surface area contributed by atoms with Crippen LogP contribution in [0.2, 0.25) is 10.0 Å². The monoisotopic (exact) mass is 508 g/mol. The lowest BCUT2D eigenvalue weighted by molar-refractivity contribution is 0.689. The van der Waals surface area contributed by atoms with Gasteiger partial charge >= 0.3 is 0 Å². The van der Waals surface area contributed by atoms with E-state index >= 15 is 0 Å². The van der Waals surface area contributed by atoms with Gasteiger partial charge in [-0.25, -0.2) is 15.0 Å². The van der Waals surface area contributed by atoms with E-state index in [0.29, 0.717) is 16.0 Å². The fraction of sp³-hybridized carbons (Fsp3) is 0.100. The van der Waals surface area contributed by atoms with Crippen LogP contribution in [0.25, 0.3) is 22.2 Å². The number of para-hydroxylation sites is 1. The fourth-order valence-corrected chi connectivity index (χ4v) is 4.99. The van der Waals surface area contributed by atoms with Crippen molar-refractivity contribution in [3.63, 3.8) is 0 Å². The number of aromatic nitrogens is 2. The summed E-state index contributed by atoms with van der Waals surface area (Å²) in [7, 11) is 0. The summed E-state index contributed by atoms with van der Waals surface area (Å²) in [6.07, 6.45) is 0.719. The minimum atomic E-state index is -0.0848. The topological polar surface area (TPSA) is 41.4 Å². The van der Waals surface area contributed by atoms with E-state index < -0.39 is 0 Å². The highest BCUT2D eigenvalue weighted by atomic mass is 35.5. The van der Waals surface area contributed by atoms with Crippen LogP contribution >= 0.6 is 23.2 Å². The average molecular weight is 509 g/mol. The van der Waals surface area contributed by atoms with Gasteiger partial charge in [-0.15, -0.1) is 0 Å². The van der Waals surface area contributed by atoms with Gasteiger partial charge in [0.1, 0.15) is 0 Å². The summed E-state index contributed by atoms with van der Waals surface area (Å²) < 4.78 is 0. The predicted molar refractivity (Wildman–Crippen MR) is 149 cm³/mol. The van der Waals surface area contributed by atoms with Gasteiger partial charge < -0.3 is 0 Å². The first kappa shape index (κ1) is 22.7. The minimum Gasteiger partial charge on any atom is -0.223 e. The van der Waals surface area contributed by atoms with Gasteiger partial charge in [-0.1, -0.05) is 95.5 Å². The molecule has 1 atom stereocenters. The molecule has 5 aromatic rings. The minimum absolute atomic E-state index is 0.0848. The number of anilines is 1. The number of fused-ring (bicyclic) bond motifs is 1. The van der Waals surface area contributed by atoms with Gasteiger partial charge in [0.15, 0.2) is 0 Å². The molecule has 1 aromatic heterocycles. The summed E-state index contributed by atoms with van der Waals surface area (Å²) in [5, 5.41) is 9.37. The van der Waals surface area contributed by atoms with Gasteiger partial charge in [-0.2, -0.15) is 5.10 Å². The quantitative estimate of drug-likeness (QED) is 0.245. The number of halogens is 2. The molecule has 4 nitrogen and oxygen atoms in total. The Balaban J connectivity index is 1.53. The third-order valence-electron chi connectivity index (χ3n) is 6.41. The van der Waals surface area contributed by atoms with Crippen LogP contribution in [0.3, 0.4) is 0 Å². The third kappa shape index (κ3) is 4.34. The number of hydrazone groups is 1. The summed E-state index contributed by atoms with van der Waals surface area (Å²) in [4.78, 5) is 10.0. The number of aryl methyl sites for hydroxylation is 1. The smallest absolute Gasteiger partial charge is 0.223 e. The van der Waals surface area contributed by atoms with E-state index in [-0.39, 0.29) is 6.04 Å². The van der Waals surface area contributed by atoms with Crippen LogP contribution in [-0.4, -0.2) is 15.7 Å². The first-order valence-electron chi connectivity index (χ1n) is 11.8. The van der Waals surface area contributed by atoms with E-state index in [9.17, 15) is 0 Å². The molecular formula is C30H22Cl2N4. The van der Waals surface area contributed by atoms with Crippen molar-refractivity contribution in [1.29, 1.82) is 0 Å². The van der Waals surface area contributed by atoms with E-state index in [2.05, 4.69) is 37.3 Å². The van der Waals surface area contributed by atoms with Crippen molar-refractivity contribution in [1.82, 2.24) is 9.97 Å². The van der Waals surface area contributed by atoms with Crippen LogP contribution < -0.4 is 5.01 Å². The van der Waals surface area contributed by atoms with E-state index in [1.54, 1.807) is 0 Å². The molecule has 1 aliphatic rings. The fourth-order valence-electron chi connectivity index (χ4n) is 4.66. The standard InChI is InChI=1S/C30H22Cl2N4/c1-19-6-4-7-21(16-19)27-18-28(22-8-5-9-24(32)17-22)36(35-27)30-33-26-11-3-2-10-25(26)29(34-30)20-12-14-23(31)15-13-20/h2-17,28H,18H2,1H3/t28-/m0/s1. The second-order valence-electron chi connectivity index (χ2n) is 8.93. The van der Waals surface area contributed by atoms with Gasteiger partial charge in [-0.05, 0) is 48.4 Å². The van der Waals surface area contributed by atoms with E-state index in [1.807, 2.05) is 71.7 Å². The number of rotatable bonds is 4. The molecule has 0 saturated heterocycles. The van der Waals surface area contributed by atoms with Crippen molar-refractivity contribution in [2.75, 3.05) is 5.01 Å². The van der Waals surface area contributed by atoms with Crippen molar-refractivity contribution in [3.05, 3.63) is 124 Å². The maximum Gasteiger partial charge on any atom is 0.247 e. The third-order valence-corrected chi connectivity index (χ3v) is 6.90. The summed E-state index contributed by atoms with van der Waals surface area (Å²) in [6, 6.07) is 32.1. The summed E-state index contributed by atoms with van der Waals surface area (Å²) in [5.74, 6) is 0.547. The van der Waals surface area contributed by atoms with Gasteiger partial charge in [0.2, 0.25) is 5.95 Å². The van der Waals surface area contributed by atoms with Crippen LogP contribution in [0.15, 0.2) is 102 Å². The van der Waals surface area contributed by atoms with Crippen LogP contribution in [0, 0.1) is 6.92 Å². The average Bonchev–Trinajstić information content (AvgIpc) is 3.34. The first-order valence-corrected chi connectivity index (χ1v) is 12.5. The molecular weight excluding hydrogens is 487 g/mol. The molecule has 0 bridgehead atoms. The van der Waals surface area contributed by atoms with Gasteiger partial charge in [0.25, 0.3) is 0 Å². The molecule has 2 heterocycles. The molecule has 0 radical (unpaired) electrons. The maximum absolute atomic E-state index is 6.39. The Morgan fingerprint density at radius 3 is 2.36 bits per heavy atom. The summed E-state index contributed by atoms with van der Waals surface area (Å²) in [6.45, 7) is 2.09. The van der Waals surface area contributed by atoms with Crippen molar-refractivity contribution in [3.8, 4) is 11.3 Å². The molecule has 0 spiro atoms. The van der Waals surface area contributed by atoms with Crippen LogP contribution in [-0.2, 0) is 0 Å². The second kappa shape index (κ2) is 9.38. The van der Waals surface area contributed by atoms with Crippen molar-refractivity contribution in [2.24, 2.45) is 5.10 Å². The van der Waals surface area contributed by atoms with Crippen LogP contribution in [0.1, 0.15) is 29.2 Å². The van der Waals surface area contributed by atoms with E-state index in [4.69, 9.17) is 38.3 Å². The van der Waals surface area contributed by atoms with E-state index in [1.165, 1.54) is 5.56 Å². The zero-order chi connectivity index (χ0) is 24.6. The Hall–Kier alpha value is -3.73. The normalized spacial score (nSPS) is 15.4. The Labute approximate surface area is 219 Å². The highest BCUT2D eigenvalue weighted by molar-refractivity contribution is 6.31. The SMILES string of the molecule is Cc1cccc(C2=NN(c3nc(-c4ccc(Cl)cc4)c4ccccc4n3)[C@H](c3cccc(Cl)c3)C2)c1. The Morgan fingerprint density at radius 2 is 1.56 bits per heavy atom. The molecule has 1 aliphatic heterocycles. The van der Waals surface area contributed by atoms with Crippen molar-refractivity contribution < 1.29 is 0 Å². The van der Waals surface area contributed by atoms with Crippen LogP contribution in [0.4, 0.5) is 5.95 Å². The molecule has 176 valence electrons. The number of benzene rings is 4. The number of nitrogens with zero attached hydrogens (tertiary/aromatic N) is 4. The zero-order valence-electron chi connectivity index (χ0n) is 19.6. The lowest BCUT2D eigenvalue weighted by atomic mass is 9.98. The van der Waals surface area contributed by atoms with Gasteiger partial charge in [0, 0.05) is 27.4 Å². The van der Waals surface area contributed by atoms with Gasteiger partial charge in [-0.3, -0.25) is 0 Å². The molecule has 36 heavy (non-hydrogen) atoms. The zero-order valence-corrected chi connectivity index (χ0v) is 21.1. The Morgan fingerprint density at radius 1 is 0.750 bits per heavy atom. The molecule has 6 heteroatoms. The molecule has 0 saturated carbocycles. The largest absolute Gasteiger partial charge is 0.247 e. The number of hydrogen-bond donors (Lipinski definition) is 0. The van der Waals surface area contributed by atoms with Crippen molar-refractivity contribution >= 4 is 45.8 Å². The van der Waals surface area contributed by atoms with Gasteiger partial charge in [0.05, 0.1) is 23.0 Å². The summed E-state index contributed by atoms with van der Waals surface area (Å²) in [5.41, 5.74) is 7.03. The summed E-state index contributed by atoms with van der Waals surface area (Å²) >= 11 is 12.6. The molecule has 4 aromatic carbocycles. The molecule has 0 unspecified atom stereocenters. The molecule has 0 amide bonds. The lowest BCUT2D eigenvalue weighted by Crippen LogP contribution is -2.21. The molecule has 0 fully saturated rings. The maximum atomic E-state index is 6.39. The molecule has 6 rings (SSSR count). The molecule has 0 N–H and O–H groups in total. The lowest BCUT2D eigenvalue weighted by Gasteiger charge is -2.23. The predicted octanol–water partition coefficient (Wildman–Crippen LogP) is 8.27. The highest BCUT2D eigenvalue weighted by Crippen LogP contribution is 2.38. The van der Waals surface area contributed by atoms with Crippen LogP contribution in [0.5, 0.6) is 0 Å². The van der Waals surface area contributed by atoms with E-state index in [0.717, 1.165) is 45.4 Å². The first-order chi connectivity index (χ1) is 17.5. The van der Waals surface area contributed by atoms with Crippen molar-refractivity contribution in [2.45, 2.75) is 19.4 Å².